The van der Waals surface area contributed by atoms with Crippen LogP contribution in [0.25, 0.3) is 10.8 Å². The van der Waals surface area contributed by atoms with E-state index < -0.39 is 0 Å². The Kier molecular flexibility index (Phi) is 3.70. The molecule has 1 N–H and O–H groups in total. The first kappa shape index (κ1) is 13.1. The van der Waals surface area contributed by atoms with Crippen LogP contribution in [-0.4, -0.2) is 0 Å². The van der Waals surface area contributed by atoms with Gasteiger partial charge in [-0.25, -0.2) is 4.39 Å². The van der Waals surface area contributed by atoms with Crippen molar-refractivity contribution in [1.82, 2.24) is 0 Å². The van der Waals surface area contributed by atoms with E-state index in [1.165, 1.54) is 16.8 Å². The molecule has 3 aromatic carbocycles. The predicted octanol–water partition coefficient (Wildman–Crippen LogP) is 5.35. The molecule has 0 saturated heterocycles. The molecule has 0 aromatic heterocycles. The molecule has 0 aliphatic heterocycles. The molecule has 0 aliphatic rings. The minimum absolute atomic E-state index is 0.201. The SMILES string of the molecule is Fc1cc(Br)ccc1CNc1ccc2ccccc2c1. The summed E-state index contributed by atoms with van der Waals surface area (Å²) in [7, 11) is 0. The Morgan fingerprint density at radius 1 is 0.900 bits per heavy atom. The van der Waals surface area contributed by atoms with Crippen LogP contribution in [0.4, 0.5) is 10.1 Å². The van der Waals surface area contributed by atoms with Gasteiger partial charge < -0.3 is 5.32 Å². The Labute approximate surface area is 125 Å². The lowest BCUT2D eigenvalue weighted by Gasteiger charge is -2.09. The molecule has 0 aliphatic carbocycles. The first-order valence-electron chi connectivity index (χ1n) is 6.39. The molecule has 0 atom stereocenters. The van der Waals surface area contributed by atoms with Crippen LogP contribution in [0, 0.1) is 5.82 Å². The van der Waals surface area contributed by atoms with Crippen LogP contribution in [0.15, 0.2) is 65.1 Å². The molecule has 100 valence electrons. The van der Waals surface area contributed by atoms with Crippen LogP contribution < -0.4 is 5.32 Å². The zero-order valence-corrected chi connectivity index (χ0v) is 12.3. The van der Waals surface area contributed by atoms with Crippen molar-refractivity contribution < 1.29 is 4.39 Å². The third-order valence-corrected chi connectivity index (χ3v) is 3.74. The van der Waals surface area contributed by atoms with Gasteiger partial charge in [0.05, 0.1) is 0 Å². The fraction of sp³-hybridized carbons (Fsp3) is 0.0588. The van der Waals surface area contributed by atoms with Crippen molar-refractivity contribution in [2.45, 2.75) is 6.54 Å². The molecule has 0 radical (unpaired) electrons. The highest BCUT2D eigenvalue weighted by Crippen LogP contribution is 2.20. The van der Waals surface area contributed by atoms with Crippen molar-refractivity contribution in [3.63, 3.8) is 0 Å². The smallest absolute Gasteiger partial charge is 0.129 e. The third kappa shape index (κ3) is 2.83. The summed E-state index contributed by atoms with van der Waals surface area (Å²) in [6, 6.07) is 19.5. The maximum atomic E-state index is 13.7. The van der Waals surface area contributed by atoms with Gasteiger partial charge in [0.25, 0.3) is 0 Å². The molecular formula is C17H13BrFN. The number of anilines is 1. The van der Waals surface area contributed by atoms with E-state index >= 15 is 0 Å². The maximum absolute atomic E-state index is 13.7. The Morgan fingerprint density at radius 3 is 2.50 bits per heavy atom. The van der Waals surface area contributed by atoms with Gasteiger partial charge in [0.2, 0.25) is 0 Å². The minimum atomic E-state index is -0.201. The first-order chi connectivity index (χ1) is 9.72. The van der Waals surface area contributed by atoms with Gasteiger partial charge in [-0.05, 0) is 35.0 Å². The van der Waals surface area contributed by atoms with Gasteiger partial charge in [-0.15, -0.1) is 0 Å². The van der Waals surface area contributed by atoms with Crippen LogP contribution in [0.2, 0.25) is 0 Å². The standard InChI is InChI=1S/C17H13BrFN/c18-15-7-5-14(17(19)10-15)11-20-16-8-6-12-3-1-2-4-13(12)9-16/h1-10,20H,11H2. The van der Waals surface area contributed by atoms with E-state index in [1.54, 1.807) is 6.07 Å². The molecule has 3 rings (SSSR count). The summed E-state index contributed by atoms with van der Waals surface area (Å²) < 4.78 is 14.5. The molecule has 0 unspecified atom stereocenters. The van der Waals surface area contributed by atoms with Gasteiger partial charge >= 0.3 is 0 Å². The average Bonchev–Trinajstić information content (AvgIpc) is 2.46. The van der Waals surface area contributed by atoms with E-state index in [0.717, 1.165) is 10.2 Å². The zero-order chi connectivity index (χ0) is 13.9. The monoisotopic (exact) mass is 329 g/mol. The number of hydrogen-bond acceptors (Lipinski definition) is 1. The normalized spacial score (nSPS) is 10.7. The van der Waals surface area contributed by atoms with Crippen LogP contribution in [0.5, 0.6) is 0 Å². The number of nitrogens with one attached hydrogen (secondary N) is 1. The molecule has 1 nitrogen and oxygen atoms in total. The number of fused-ring (bicyclic) bond motifs is 1. The summed E-state index contributed by atoms with van der Waals surface area (Å²) in [5.41, 5.74) is 1.65. The number of hydrogen-bond donors (Lipinski definition) is 1. The summed E-state index contributed by atoms with van der Waals surface area (Å²) in [5.74, 6) is -0.201. The highest BCUT2D eigenvalue weighted by Gasteiger charge is 2.03. The third-order valence-electron chi connectivity index (χ3n) is 3.25. The van der Waals surface area contributed by atoms with Crippen LogP contribution in [0.3, 0.4) is 0 Å². The van der Waals surface area contributed by atoms with Crippen molar-refractivity contribution >= 4 is 32.4 Å². The van der Waals surface area contributed by atoms with Crippen LogP contribution >= 0.6 is 15.9 Å². The highest BCUT2D eigenvalue weighted by molar-refractivity contribution is 9.10. The Morgan fingerprint density at radius 2 is 1.70 bits per heavy atom. The molecule has 0 heterocycles. The van der Waals surface area contributed by atoms with E-state index in [9.17, 15) is 4.39 Å². The molecule has 0 bridgehead atoms. The van der Waals surface area contributed by atoms with Crippen molar-refractivity contribution in [1.29, 1.82) is 0 Å². The summed E-state index contributed by atoms with van der Waals surface area (Å²) in [6.07, 6.45) is 0. The van der Waals surface area contributed by atoms with E-state index in [1.807, 2.05) is 24.3 Å². The predicted molar refractivity (Wildman–Crippen MR) is 85.4 cm³/mol. The summed E-state index contributed by atoms with van der Waals surface area (Å²) in [6.45, 7) is 0.470. The van der Waals surface area contributed by atoms with Gasteiger partial charge in [-0.1, -0.05) is 52.3 Å². The van der Waals surface area contributed by atoms with E-state index in [-0.39, 0.29) is 5.82 Å². The van der Waals surface area contributed by atoms with Crippen molar-refractivity contribution in [2.75, 3.05) is 5.32 Å². The van der Waals surface area contributed by atoms with Crippen LogP contribution in [-0.2, 0) is 6.54 Å². The maximum Gasteiger partial charge on any atom is 0.129 e. The molecule has 0 saturated carbocycles. The van der Waals surface area contributed by atoms with Crippen molar-refractivity contribution in [3.8, 4) is 0 Å². The summed E-state index contributed by atoms with van der Waals surface area (Å²) >= 11 is 3.26. The summed E-state index contributed by atoms with van der Waals surface area (Å²) in [4.78, 5) is 0. The van der Waals surface area contributed by atoms with Gasteiger partial charge in [-0.3, -0.25) is 0 Å². The Hall–Kier alpha value is -1.87. The lowest BCUT2D eigenvalue weighted by atomic mass is 10.1. The molecule has 0 amide bonds. The Balaban J connectivity index is 1.79. The molecule has 0 spiro atoms. The number of halogens is 2. The molecule has 3 aromatic rings. The summed E-state index contributed by atoms with van der Waals surface area (Å²) in [5, 5.41) is 5.63. The van der Waals surface area contributed by atoms with Crippen molar-refractivity contribution in [3.05, 3.63) is 76.5 Å². The average molecular weight is 330 g/mol. The fourth-order valence-electron chi connectivity index (χ4n) is 2.16. The largest absolute Gasteiger partial charge is 0.381 e. The van der Waals surface area contributed by atoms with Gasteiger partial charge in [0, 0.05) is 22.3 Å². The minimum Gasteiger partial charge on any atom is -0.381 e. The molecule has 20 heavy (non-hydrogen) atoms. The number of benzene rings is 3. The topological polar surface area (TPSA) is 12.0 Å². The van der Waals surface area contributed by atoms with E-state index in [0.29, 0.717) is 12.1 Å². The first-order valence-corrected chi connectivity index (χ1v) is 7.18. The van der Waals surface area contributed by atoms with Crippen molar-refractivity contribution in [2.24, 2.45) is 0 Å². The second-order valence-electron chi connectivity index (χ2n) is 4.65. The Bertz CT molecular complexity index is 755. The number of rotatable bonds is 3. The second-order valence-corrected chi connectivity index (χ2v) is 5.57. The van der Waals surface area contributed by atoms with E-state index in [4.69, 9.17) is 0 Å². The molecule has 0 fully saturated rings. The van der Waals surface area contributed by atoms with Crippen LogP contribution in [0.1, 0.15) is 5.56 Å². The quantitative estimate of drug-likeness (QED) is 0.682. The van der Waals surface area contributed by atoms with Gasteiger partial charge in [0.1, 0.15) is 5.82 Å². The highest BCUT2D eigenvalue weighted by atomic mass is 79.9. The molecular weight excluding hydrogens is 317 g/mol. The van der Waals surface area contributed by atoms with Gasteiger partial charge in [0.15, 0.2) is 0 Å². The lowest BCUT2D eigenvalue weighted by molar-refractivity contribution is 0.612. The zero-order valence-electron chi connectivity index (χ0n) is 10.7. The lowest BCUT2D eigenvalue weighted by Crippen LogP contribution is -2.01. The van der Waals surface area contributed by atoms with Gasteiger partial charge in [-0.2, -0.15) is 0 Å². The fourth-order valence-corrected chi connectivity index (χ4v) is 2.49. The molecule has 3 heteroatoms. The second kappa shape index (κ2) is 5.63. The van der Waals surface area contributed by atoms with E-state index in [2.05, 4.69) is 45.5 Å².